The van der Waals surface area contributed by atoms with E-state index in [1.807, 2.05) is 6.92 Å². The molecular weight excluding hydrogens is 190 g/mol. The molecule has 0 aromatic carbocycles. The fourth-order valence-electron chi connectivity index (χ4n) is 2.38. The largest absolute Gasteiger partial charge is 0.468 e. The van der Waals surface area contributed by atoms with Gasteiger partial charge in [-0.2, -0.15) is 0 Å². The fourth-order valence-corrected chi connectivity index (χ4v) is 2.38. The Kier molecular flexibility index (Phi) is 4.58. The molecule has 0 aromatic heterocycles. The standard InChI is InChI=1S/C12H23NO2/c1-8-6-5-7-11(9(8)2)13-10(3)12(14)15-4/h8-11,13H,5-7H2,1-4H3/t8?,9?,10-,11?/m0/s1. The second kappa shape index (κ2) is 5.50. The highest BCUT2D eigenvalue weighted by molar-refractivity contribution is 5.75. The molecule has 1 aliphatic carbocycles. The molecule has 0 heterocycles. The predicted molar refractivity (Wildman–Crippen MR) is 60.6 cm³/mol. The van der Waals surface area contributed by atoms with Gasteiger partial charge in [-0.15, -0.1) is 0 Å². The summed E-state index contributed by atoms with van der Waals surface area (Å²) >= 11 is 0. The molecule has 0 saturated heterocycles. The van der Waals surface area contributed by atoms with Crippen molar-refractivity contribution in [1.29, 1.82) is 0 Å². The van der Waals surface area contributed by atoms with Crippen molar-refractivity contribution in [2.45, 2.75) is 52.1 Å². The van der Waals surface area contributed by atoms with Gasteiger partial charge in [0.15, 0.2) is 0 Å². The van der Waals surface area contributed by atoms with E-state index in [0.717, 1.165) is 5.92 Å². The van der Waals surface area contributed by atoms with Crippen molar-refractivity contribution in [2.24, 2.45) is 11.8 Å². The van der Waals surface area contributed by atoms with Crippen LogP contribution in [0.1, 0.15) is 40.0 Å². The topological polar surface area (TPSA) is 38.3 Å². The van der Waals surface area contributed by atoms with Gasteiger partial charge < -0.3 is 10.1 Å². The van der Waals surface area contributed by atoms with E-state index >= 15 is 0 Å². The maximum Gasteiger partial charge on any atom is 0.322 e. The number of ether oxygens (including phenoxy) is 1. The van der Waals surface area contributed by atoms with Crippen molar-refractivity contribution in [3.8, 4) is 0 Å². The highest BCUT2D eigenvalue weighted by atomic mass is 16.5. The second-order valence-electron chi connectivity index (χ2n) is 4.79. The lowest BCUT2D eigenvalue weighted by atomic mass is 9.78. The molecule has 4 atom stereocenters. The molecule has 1 rings (SSSR count). The van der Waals surface area contributed by atoms with E-state index < -0.39 is 0 Å². The maximum absolute atomic E-state index is 11.3. The highest BCUT2D eigenvalue weighted by Gasteiger charge is 2.29. The third-order valence-corrected chi connectivity index (χ3v) is 3.73. The minimum atomic E-state index is -0.187. The smallest absolute Gasteiger partial charge is 0.322 e. The Labute approximate surface area is 92.6 Å². The molecule has 1 saturated carbocycles. The minimum Gasteiger partial charge on any atom is -0.468 e. The van der Waals surface area contributed by atoms with Crippen LogP contribution >= 0.6 is 0 Å². The third kappa shape index (κ3) is 3.20. The van der Waals surface area contributed by atoms with Gasteiger partial charge >= 0.3 is 5.97 Å². The Morgan fingerprint density at radius 2 is 2.07 bits per heavy atom. The molecule has 0 aromatic rings. The Hall–Kier alpha value is -0.570. The van der Waals surface area contributed by atoms with Gasteiger partial charge in [0.1, 0.15) is 6.04 Å². The van der Waals surface area contributed by atoms with Crippen molar-refractivity contribution < 1.29 is 9.53 Å². The summed E-state index contributed by atoms with van der Waals surface area (Å²) < 4.78 is 4.71. The van der Waals surface area contributed by atoms with Crippen molar-refractivity contribution in [3.63, 3.8) is 0 Å². The summed E-state index contributed by atoms with van der Waals surface area (Å²) in [5.41, 5.74) is 0. The van der Waals surface area contributed by atoms with Gasteiger partial charge in [-0.3, -0.25) is 4.79 Å². The Morgan fingerprint density at radius 1 is 1.40 bits per heavy atom. The quantitative estimate of drug-likeness (QED) is 0.728. The summed E-state index contributed by atoms with van der Waals surface area (Å²) in [6.07, 6.45) is 3.75. The first-order valence-corrected chi connectivity index (χ1v) is 5.90. The number of carbonyl (C=O) groups is 1. The molecule has 0 radical (unpaired) electrons. The Morgan fingerprint density at radius 3 is 2.67 bits per heavy atom. The molecule has 1 fully saturated rings. The lowest BCUT2D eigenvalue weighted by molar-refractivity contribution is -0.143. The van der Waals surface area contributed by atoms with Crippen LogP contribution in [0.2, 0.25) is 0 Å². The molecular formula is C12H23NO2. The summed E-state index contributed by atoms with van der Waals surface area (Å²) in [5.74, 6) is 1.23. The molecule has 3 unspecified atom stereocenters. The van der Waals surface area contributed by atoms with E-state index in [4.69, 9.17) is 4.74 Å². The first-order valence-electron chi connectivity index (χ1n) is 5.90. The number of hydrogen-bond acceptors (Lipinski definition) is 3. The third-order valence-electron chi connectivity index (χ3n) is 3.73. The average Bonchev–Trinajstić information content (AvgIpc) is 2.23. The molecule has 0 aliphatic heterocycles. The number of rotatable bonds is 3. The van der Waals surface area contributed by atoms with E-state index in [2.05, 4.69) is 19.2 Å². The van der Waals surface area contributed by atoms with E-state index in [1.165, 1.54) is 26.4 Å². The van der Waals surface area contributed by atoms with Crippen LogP contribution in [0.3, 0.4) is 0 Å². The molecule has 88 valence electrons. The van der Waals surface area contributed by atoms with Gasteiger partial charge in [-0.1, -0.05) is 26.7 Å². The van der Waals surface area contributed by atoms with Gasteiger partial charge in [0.05, 0.1) is 7.11 Å². The van der Waals surface area contributed by atoms with E-state index in [0.29, 0.717) is 12.0 Å². The molecule has 3 heteroatoms. The van der Waals surface area contributed by atoms with Crippen LogP contribution < -0.4 is 5.32 Å². The number of esters is 1. The number of hydrogen-bond donors (Lipinski definition) is 1. The first kappa shape index (κ1) is 12.5. The van der Waals surface area contributed by atoms with Gasteiger partial charge in [-0.25, -0.2) is 0 Å². The van der Waals surface area contributed by atoms with Crippen molar-refractivity contribution in [3.05, 3.63) is 0 Å². The summed E-state index contributed by atoms with van der Waals surface area (Å²) in [5, 5.41) is 3.38. The Balaban J connectivity index is 2.46. The molecule has 0 amide bonds. The highest BCUT2D eigenvalue weighted by Crippen LogP contribution is 2.29. The van der Waals surface area contributed by atoms with Crippen LogP contribution in [-0.4, -0.2) is 25.2 Å². The molecule has 15 heavy (non-hydrogen) atoms. The number of methoxy groups -OCH3 is 1. The maximum atomic E-state index is 11.3. The summed E-state index contributed by atoms with van der Waals surface area (Å²) in [4.78, 5) is 11.3. The van der Waals surface area contributed by atoms with E-state index in [-0.39, 0.29) is 12.0 Å². The second-order valence-corrected chi connectivity index (χ2v) is 4.79. The SMILES string of the molecule is COC(=O)[C@H](C)NC1CCCC(C)C1C. The normalized spacial score (nSPS) is 33.5. The zero-order valence-corrected chi connectivity index (χ0v) is 10.2. The fraction of sp³-hybridized carbons (Fsp3) is 0.917. The van der Waals surface area contributed by atoms with Gasteiger partial charge in [0, 0.05) is 6.04 Å². The number of carbonyl (C=O) groups excluding carboxylic acids is 1. The zero-order valence-electron chi connectivity index (χ0n) is 10.2. The lowest BCUT2D eigenvalue weighted by Gasteiger charge is -2.36. The van der Waals surface area contributed by atoms with Gasteiger partial charge in [-0.05, 0) is 25.2 Å². The number of nitrogens with one attached hydrogen (secondary N) is 1. The molecule has 1 aliphatic rings. The molecule has 0 spiro atoms. The summed E-state index contributed by atoms with van der Waals surface area (Å²) in [7, 11) is 1.44. The predicted octanol–water partition coefficient (Wildman–Crippen LogP) is 1.96. The van der Waals surface area contributed by atoms with Crippen LogP contribution in [0, 0.1) is 11.8 Å². The zero-order chi connectivity index (χ0) is 11.4. The lowest BCUT2D eigenvalue weighted by Crippen LogP contribution is -2.47. The van der Waals surface area contributed by atoms with Crippen LogP contribution in [0.4, 0.5) is 0 Å². The van der Waals surface area contributed by atoms with Crippen LogP contribution in [-0.2, 0) is 9.53 Å². The average molecular weight is 213 g/mol. The van der Waals surface area contributed by atoms with Gasteiger partial charge in [0.2, 0.25) is 0 Å². The summed E-state index contributed by atoms with van der Waals surface area (Å²) in [6, 6.07) is 0.274. The van der Waals surface area contributed by atoms with E-state index in [1.54, 1.807) is 0 Å². The van der Waals surface area contributed by atoms with Crippen LogP contribution in [0.25, 0.3) is 0 Å². The molecule has 0 bridgehead atoms. The molecule has 3 nitrogen and oxygen atoms in total. The van der Waals surface area contributed by atoms with E-state index in [9.17, 15) is 4.79 Å². The first-order chi connectivity index (χ1) is 7.06. The molecule has 1 N–H and O–H groups in total. The van der Waals surface area contributed by atoms with Gasteiger partial charge in [0.25, 0.3) is 0 Å². The van der Waals surface area contributed by atoms with Crippen LogP contribution in [0.5, 0.6) is 0 Å². The van der Waals surface area contributed by atoms with Crippen LogP contribution in [0.15, 0.2) is 0 Å². The van der Waals surface area contributed by atoms with Crippen molar-refractivity contribution >= 4 is 5.97 Å². The van der Waals surface area contributed by atoms with Crippen molar-refractivity contribution in [1.82, 2.24) is 5.32 Å². The van der Waals surface area contributed by atoms with Crippen molar-refractivity contribution in [2.75, 3.05) is 7.11 Å². The monoisotopic (exact) mass is 213 g/mol. The Bertz CT molecular complexity index is 218. The summed E-state index contributed by atoms with van der Waals surface area (Å²) in [6.45, 7) is 6.44. The minimum absolute atomic E-state index is 0.166.